The summed E-state index contributed by atoms with van der Waals surface area (Å²) >= 11 is 0. The first-order valence-corrected chi connectivity index (χ1v) is 9.32. The maximum absolute atomic E-state index is 11.7. The topological polar surface area (TPSA) is 87.8 Å². The number of aryl methyl sites for hydroxylation is 2. The maximum atomic E-state index is 11.7. The lowest BCUT2D eigenvalue weighted by atomic mass is 10.1. The molecule has 1 aromatic rings. The summed E-state index contributed by atoms with van der Waals surface area (Å²) in [6.07, 6.45) is 4.19. The maximum Gasteiger partial charge on any atom is 0.214 e. The van der Waals surface area contributed by atoms with Crippen molar-refractivity contribution in [3.63, 3.8) is 0 Å². The summed E-state index contributed by atoms with van der Waals surface area (Å²) in [5.74, 6) is 0.578. The molecule has 1 fully saturated rings. The van der Waals surface area contributed by atoms with E-state index >= 15 is 0 Å². The first-order valence-electron chi connectivity index (χ1n) is 7.71. The molecule has 1 aliphatic carbocycles. The van der Waals surface area contributed by atoms with Gasteiger partial charge in [-0.2, -0.15) is 0 Å². The van der Waals surface area contributed by atoms with Crippen molar-refractivity contribution in [1.29, 1.82) is 0 Å². The van der Waals surface area contributed by atoms with E-state index in [4.69, 9.17) is 5.73 Å². The van der Waals surface area contributed by atoms with E-state index in [0.717, 1.165) is 18.5 Å². The molecule has 0 atom stereocenters. The first kappa shape index (κ1) is 15.3. The van der Waals surface area contributed by atoms with Crippen LogP contribution in [0.15, 0.2) is 23.2 Å². The molecular weight excluding hydrogens is 300 g/mol. The van der Waals surface area contributed by atoms with Crippen LogP contribution in [0.1, 0.15) is 24.0 Å². The van der Waals surface area contributed by atoms with E-state index in [1.807, 2.05) is 6.07 Å². The van der Waals surface area contributed by atoms with Crippen LogP contribution in [0.4, 0.5) is 5.69 Å². The van der Waals surface area contributed by atoms with Crippen LogP contribution in [0.25, 0.3) is 0 Å². The average molecular weight is 322 g/mol. The standard InChI is InChI=1S/C15H22N4O2S/c16-15(17-7-9-19-8-2-10-22(19,20)21)18-14-6-5-12-3-1-4-13(12)11-14/h5-6,11H,1-4,7-10H2,(H3,16,17,18). The predicted molar refractivity (Wildman–Crippen MR) is 88.6 cm³/mol. The Morgan fingerprint density at radius 2 is 2.09 bits per heavy atom. The zero-order valence-corrected chi connectivity index (χ0v) is 13.4. The van der Waals surface area contributed by atoms with Gasteiger partial charge in [0, 0.05) is 18.8 Å². The Hall–Kier alpha value is -1.60. The largest absolute Gasteiger partial charge is 0.370 e. The minimum absolute atomic E-state index is 0.250. The van der Waals surface area contributed by atoms with Crippen LogP contribution in [-0.2, 0) is 22.9 Å². The van der Waals surface area contributed by atoms with Crippen LogP contribution >= 0.6 is 0 Å². The average Bonchev–Trinajstić information content (AvgIpc) is 3.05. The second-order valence-corrected chi connectivity index (χ2v) is 7.89. The molecular formula is C15H22N4O2S. The van der Waals surface area contributed by atoms with Crippen molar-refractivity contribution in [2.45, 2.75) is 25.7 Å². The highest BCUT2D eigenvalue weighted by Gasteiger charge is 2.27. The quantitative estimate of drug-likeness (QED) is 0.638. The summed E-state index contributed by atoms with van der Waals surface area (Å²) in [6, 6.07) is 6.27. The van der Waals surface area contributed by atoms with Gasteiger partial charge in [-0.3, -0.25) is 4.99 Å². The number of nitrogens with one attached hydrogen (secondary N) is 1. The number of hydrogen-bond acceptors (Lipinski definition) is 3. The molecule has 22 heavy (non-hydrogen) atoms. The van der Waals surface area contributed by atoms with E-state index in [1.54, 1.807) is 0 Å². The van der Waals surface area contributed by atoms with Gasteiger partial charge in [0.05, 0.1) is 12.3 Å². The van der Waals surface area contributed by atoms with E-state index in [1.165, 1.54) is 21.9 Å². The second-order valence-electron chi connectivity index (χ2n) is 5.80. The van der Waals surface area contributed by atoms with Crippen molar-refractivity contribution in [1.82, 2.24) is 4.31 Å². The van der Waals surface area contributed by atoms with Gasteiger partial charge in [-0.1, -0.05) is 6.07 Å². The molecule has 3 N–H and O–H groups in total. The van der Waals surface area contributed by atoms with Crippen molar-refractivity contribution in [3.05, 3.63) is 29.3 Å². The summed E-state index contributed by atoms with van der Waals surface area (Å²) in [4.78, 5) is 4.22. The Labute approximate surface area is 131 Å². The molecule has 1 saturated heterocycles. The van der Waals surface area contributed by atoms with Crippen LogP contribution < -0.4 is 11.1 Å². The Morgan fingerprint density at radius 1 is 1.27 bits per heavy atom. The van der Waals surface area contributed by atoms with Gasteiger partial charge >= 0.3 is 0 Å². The fourth-order valence-corrected chi connectivity index (χ4v) is 4.58. The molecule has 0 saturated carbocycles. The van der Waals surface area contributed by atoms with E-state index in [0.29, 0.717) is 32.0 Å². The summed E-state index contributed by atoms with van der Waals surface area (Å²) in [6.45, 7) is 1.37. The predicted octanol–water partition coefficient (Wildman–Crippen LogP) is 0.937. The molecule has 3 rings (SSSR count). The third-order valence-electron chi connectivity index (χ3n) is 4.21. The first-order chi connectivity index (χ1) is 10.5. The number of fused-ring (bicyclic) bond motifs is 1. The lowest BCUT2D eigenvalue weighted by Gasteiger charge is -2.13. The number of guanidine groups is 1. The normalized spacial score (nSPS) is 21.0. The van der Waals surface area contributed by atoms with Crippen molar-refractivity contribution >= 4 is 21.7 Å². The van der Waals surface area contributed by atoms with Crippen molar-refractivity contribution in [3.8, 4) is 0 Å². The third-order valence-corrected chi connectivity index (χ3v) is 6.16. The van der Waals surface area contributed by atoms with Crippen molar-refractivity contribution < 1.29 is 8.42 Å². The van der Waals surface area contributed by atoms with Gasteiger partial charge in [-0.25, -0.2) is 12.7 Å². The number of anilines is 1. The fourth-order valence-electron chi connectivity index (χ4n) is 3.06. The molecule has 0 unspecified atom stereocenters. The molecule has 1 aromatic carbocycles. The van der Waals surface area contributed by atoms with Crippen molar-refractivity contribution in [2.75, 3.05) is 30.7 Å². The number of nitrogens with two attached hydrogens (primary N) is 1. The Balaban J connectivity index is 1.54. The lowest BCUT2D eigenvalue weighted by molar-refractivity contribution is 0.452. The zero-order valence-electron chi connectivity index (χ0n) is 12.6. The summed E-state index contributed by atoms with van der Waals surface area (Å²) in [5, 5.41) is 3.08. The number of sulfonamides is 1. The van der Waals surface area contributed by atoms with Crippen LogP contribution in [0, 0.1) is 0 Å². The van der Waals surface area contributed by atoms with Gasteiger partial charge in [-0.15, -0.1) is 0 Å². The van der Waals surface area contributed by atoms with E-state index in [-0.39, 0.29) is 5.75 Å². The second kappa shape index (κ2) is 6.26. The van der Waals surface area contributed by atoms with Gasteiger partial charge < -0.3 is 11.1 Å². The molecule has 0 spiro atoms. The molecule has 0 bridgehead atoms. The SMILES string of the molecule is NC(=NCCN1CCCS1(=O)=O)Nc1ccc2c(c1)CCC2. The highest BCUT2D eigenvalue weighted by molar-refractivity contribution is 7.89. The number of benzene rings is 1. The molecule has 1 heterocycles. The van der Waals surface area contributed by atoms with Crippen LogP contribution in [0.2, 0.25) is 0 Å². The van der Waals surface area contributed by atoms with Crippen LogP contribution in [0.3, 0.4) is 0 Å². The monoisotopic (exact) mass is 322 g/mol. The molecule has 0 radical (unpaired) electrons. The smallest absolute Gasteiger partial charge is 0.214 e. The van der Waals surface area contributed by atoms with Gasteiger partial charge in [-0.05, 0) is 48.9 Å². The highest BCUT2D eigenvalue weighted by Crippen LogP contribution is 2.24. The molecule has 0 aromatic heterocycles. The molecule has 6 nitrogen and oxygen atoms in total. The molecule has 2 aliphatic rings. The zero-order chi connectivity index (χ0) is 15.6. The summed E-state index contributed by atoms with van der Waals surface area (Å²) in [7, 11) is -3.05. The van der Waals surface area contributed by atoms with Gasteiger partial charge in [0.15, 0.2) is 5.96 Å². The molecule has 7 heteroatoms. The minimum atomic E-state index is -3.05. The number of rotatable bonds is 4. The van der Waals surface area contributed by atoms with E-state index in [9.17, 15) is 8.42 Å². The number of hydrogen-bond donors (Lipinski definition) is 2. The highest BCUT2D eigenvalue weighted by atomic mass is 32.2. The van der Waals surface area contributed by atoms with Gasteiger partial charge in [0.1, 0.15) is 0 Å². The third kappa shape index (κ3) is 3.41. The molecule has 120 valence electrons. The Kier molecular flexibility index (Phi) is 4.35. The van der Waals surface area contributed by atoms with E-state index < -0.39 is 10.0 Å². The molecule has 0 amide bonds. The van der Waals surface area contributed by atoms with Gasteiger partial charge in [0.25, 0.3) is 0 Å². The fraction of sp³-hybridized carbons (Fsp3) is 0.533. The van der Waals surface area contributed by atoms with Crippen molar-refractivity contribution in [2.24, 2.45) is 10.7 Å². The lowest BCUT2D eigenvalue weighted by Crippen LogP contribution is -2.30. The van der Waals surface area contributed by atoms with Crippen LogP contribution in [-0.4, -0.2) is 44.1 Å². The summed E-state index contributed by atoms with van der Waals surface area (Å²) < 4.78 is 24.8. The number of aliphatic imine (C=N–C) groups is 1. The Morgan fingerprint density at radius 3 is 2.86 bits per heavy atom. The number of nitrogens with zero attached hydrogens (tertiary/aromatic N) is 2. The summed E-state index contributed by atoms with van der Waals surface area (Å²) in [5.41, 5.74) is 9.61. The molecule has 1 aliphatic heterocycles. The Bertz CT molecular complexity index is 685. The van der Waals surface area contributed by atoms with Crippen LogP contribution in [0.5, 0.6) is 0 Å². The van der Waals surface area contributed by atoms with Gasteiger partial charge in [0.2, 0.25) is 10.0 Å². The minimum Gasteiger partial charge on any atom is -0.370 e. The van der Waals surface area contributed by atoms with E-state index in [2.05, 4.69) is 22.4 Å².